The van der Waals surface area contributed by atoms with E-state index in [0.29, 0.717) is 5.56 Å². The van der Waals surface area contributed by atoms with E-state index in [2.05, 4.69) is 119 Å². The Labute approximate surface area is 257 Å². The number of para-hydroxylation sites is 2. The van der Waals surface area contributed by atoms with Crippen molar-refractivity contribution < 1.29 is 4.79 Å². The van der Waals surface area contributed by atoms with Crippen LogP contribution < -0.4 is 10.2 Å². The highest BCUT2D eigenvalue weighted by molar-refractivity contribution is 6.07. The van der Waals surface area contributed by atoms with Crippen molar-refractivity contribution in [3.63, 3.8) is 0 Å². The van der Waals surface area contributed by atoms with Crippen molar-refractivity contribution in [1.82, 2.24) is 0 Å². The maximum absolute atomic E-state index is 13.0. The Balaban J connectivity index is 1.17. The first-order valence-corrected chi connectivity index (χ1v) is 14.7. The molecule has 0 aliphatic carbocycles. The van der Waals surface area contributed by atoms with Gasteiger partial charge in [-0.05, 0) is 82.2 Å². The van der Waals surface area contributed by atoms with Crippen LogP contribution in [0.5, 0.6) is 0 Å². The van der Waals surface area contributed by atoms with Gasteiger partial charge in [0.15, 0.2) is 0 Å². The van der Waals surface area contributed by atoms with Crippen LogP contribution in [-0.2, 0) is 0 Å². The predicted molar refractivity (Wildman–Crippen MR) is 184 cm³/mol. The zero-order chi connectivity index (χ0) is 29.7. The number of hydrogen-bond acceptors (Lipinski definition) is 2. The Morgan fingerprint density at radius 2 is 0.932 bits per heavy atom. The Morgan fingerprint density at radius 3 is 1.55 bits per heavy atom. The van der Waals surface area contributed by atoms with Crippen molar-refractivity contribution in [1.29, 1.82) is 0 Å². The lowest BCUT2D eigenvalue weighted by Crippen LogP contribution is -2.11. The Hall–Kier alpha value is -5.93. The van der Waals surface area contributed by atoms with Gasteiger partial charge in [-0.15, -0.1) is 0 Å². The molecule has 210 valence electrons. The summed E-state index contributed by atoms with van der Waals surface area (Å²) in [6, 6.07) is 59.8. The van der Waals surface area contributed by atoms with Crippen LogP contribution in [0.4, 0.5) is 22.7 Å². The van der Waals surface area contributed by atoms with Gasteiger partial charge in [-0.2, -0.15) is 0 Å². The smallest absolute Gasteiger partial charge is 0.255 e. The number of amides is 1. The summed E-state index contributed by atoms with van der Waals surface area (Å²) in [5.41, 5.74) is 9.14. The second-order valence-corrected chi connectivity index (χ2v) is 10.7. The molecule has 0 unspecified atom stereocenters. The SMILES string of the molecule is O=C(Nc1ccc(-c2ccc(N(c3ccccc3)c3ccccc3)c3ccccc23)cc1)c1ccc(-c2ccccc2)cc1. The highest BCUT2D eigenvalue weighted by atomic mass is 16.1. The lowest BCUT2D eigenvalue weighted by Gasteiger charge is -2.27. The van der Waals surface area contributed by atoms with Gasteiger partial charge in [0.2, 0.25) is 0 Å². The van der Waals surface area contributed by atoms with Gasteiger partial charge in [0.05, 0.1) is 5.69 Å². The third-order valence-corrected chi connectivity index (χ3v) is 7.88. The fraction of sp³-hybridized carbons (Fsp3) is 0. The molecule has 7 aromatic rings. The van der Waals surface area contributed by atoms with Gasteiger partial charge < -0.3 is 10.2 Å². The second-order valence-electron chi connectivity index (χ2n) is 10.7. The standard InChI is InChI=1S/C41H30N2O/c44-41(33-22-20-31(21-23-33)30-12-4-1-5-13-30)42-34-26-24-32(25-27-34)37-28-29-40(39-19-11-10-18-38(37)39)43(35-14-6-2-7-15-35)36-16-8-3-9-17-36/h1-29H,(H,42,44). The highest BCUT2D eigenvalue weighted by Crippen LogP contribution is 2.41. The molecule has 0 fully saturated rings. The largest absolute Gasteiger partial charge is 0.322 e. The fourth-order valence-electron chi connectivity index (χ4n) is 5.69. The number of nitrogens with one attached hydrogen (secondary N) is 1. The monoisotopic (exact) mass is 566 g/mol. The lowest BCUT2D eigenvalue weighted by atomic mass is 9.96. The number of hydrogen-bond donors (Lipinski definition) is 1. The summed E-state index contributed by atoms with van der Waals surface area (Å²) in [7, 11) is 0. The van der Waals surface area contributed by atoms with Crippen LogP contribution in [0.1, 0.15) is 10.4 Å². The average molecular weight is 567 g/mol. The first kappa shape index (κ1) is 26.9. The summed E-state index contributed by atoms with van der Waals surface area (Å²) in [5, 5.41) is 5.37. The molecule has 0 aliphatic rings. The van der Waals surface area contributed by atoms with E-state index in [4.69, 9.17) is 0 Å². The third-order valence-electron chi connectivity index (χ3n) is 7.88. The molecule has 0 radical (unpaired) electrons. The molecule has 0 spiro atoms. The third kappa shape index (κ3) is 5.47. The molecule has 0 aromatic heterocycles. The number of carbonyl (C=O) groups is 1. The van der Waals surface area contributed by atoms with Gasteiger partial charge in [-0.3, -0.25) is 4.79 Å². The van der Waals surface area contributed by atoms with E-state index in [9.17, 15) is 4.79 Å². The zero-order valence-corrected chi connectivity index (χ0v) is 24.1. The Kier molecular flexibility index (Phi) is 7.42. The van der Waals surface area contributed by atoms with Crippen molar-refractivity contribution in [2.75, 3.05) is 10.2 Å². The van der Waals surface area contributed by atoms with Crippen LogP contribution in [0.25, 0.3) is 33.0 Å². The first-order chi connectivity index (χ1) is 21.7. The number of nitrogens with zero attached hydrogens (tertiary/aromatic N) is 1. The van der Waals surface area contributed by atoms with E-state index in [1.807, 2.05) is 66.7 Å². The first-order valence-electron chi connectivity index (χ1n) is 14.7. The van der Waals surface area contributed by atoms with E-state index >= 15 is 0 Å². The average Bonchev–Trinajstić information content (AvgIpc) is 3.10. The number of anilines is 4. The van der Waals surface area contributed by atoms with Crippen molar-refractivity contribution in [3.8, 4) is 22.3 Å². The number of fused-ring (bicyclic) bond motifs is 1. The van der Waals surface area contributed by atoms with E-state index < -0.39 is 0 Å². The lowest BCUT2D eigenvalue weighted by molar-refractivity contribution is 0.102. The highest BCUT2D eigenvalue weighted by Gasteiger charge is 2.17. The zero-order valence-electron chi connectivity index (χ0n) is 24.1. The van der Waals surface area contributed by atoms with Gasteiger partial charge >= 0.3 is 0 Å². The Morgan fingerprint density at radius 1 is 0.432 bits per heavy atom. The van der Waals surface area contributed by atoms with Crippen LogP contribution in [0.15, 0.2) is 176 Å². The fourth-order valence-corrected chi connectivity index (χ4v) is 5.69. The van der Waals surface area contributed by atoms with Gasteiger partial charge in [0, 0.05) is 28.0 Å². The maximum Gasteiger partial charge on any atom is 0.255 e. The van der Waals surface area contributed by atoms with Crippen LogP contribution >= 0.6 is 0 Å². The van der Waals surface area contributed by atoms with Crippen molar-refractivity contribution in [3.05, 3.63) is 181 Å². The maximum atomic E-state index is 13.0. The van der Waals surface area contributed by atoms with Gasteiger partial charge in [0.25, 0.3) is 5.91 Å². The minimum Gasteiger partial charge on any atom is -0.322 e. The van der Waals surface area contributed by atoms with E-state index in [-0.39, 0.29) is 5.91 Å². The van der Waals surface area contributed by atoms with E-state index in [1.165, 1.54) is 0 Å². The second kappa shape index (κ2) is 12.1. The molecule has 7 rings (SSSR count). The molecular weight excluding hydrogens is 536 g/mol. The van der Waals surface area contributed by atoms with Crippen molar-refractivity contribution in [2.24, 2.45) is 0 Å². The molecule has 0 aliphatic heterocycles. The summed E-state index contributed by atoms with van der Waals surface area (Å²) in [4.78, 5) is 15.3. The Bertz CT molecular complexity index is 1980. The van der Waals surface area contributed by atoms with Gasteiger partial charge in [0.1, 0.15) is 0 Å². The van der Waals surface area contributed by atoms with Crippen molar-refractivity contribution in [2.45, 2.75) is 0 Å². The van der Waals surface area contributed by atoms with E-state index in [0.717, 1.165) is 55.8 Å². The summed E-state index contributed by atoms with van der Waals surface area (Å²) in [5.74, 6) is -0.130. The van der Waals surface area contributed by atoms with E-state index in [1.54, 1.807) is 0 Å². The van der Waals surface area contributed by atoms with Crippen LogP contribution in [0.2, 0.25) is 0 Å². The molecular formula is C41H30N2O. The molecule has 1 amide bonds. The van der Waals surface area contributed by atoms with Gasteiger partial charge in [-0.1, -0.05) is 121 Å². The van der Waals surface area contributed by atoms with Crippen LogP contribution in [0.3, 0.4) is 0 Å². The molecule has 0 heterocycles. The molecule has 3 nitrogen and oxygen atoms in total. The van der Waals surface area contributed by atoms with Crippen LogP contribution in [-0.4, -0.2) is 5.91 Å². The van der Waals surface area contributed by atoms with Crippen molar-refractivity contribution >= 4 is 39.4 Å². The molecule has 0 saturated heterocycles. The molecule has 0 bridgehead atoms. The number of carbonyl (C=O) groups excluding carboxylic acids is 1. The topological polar surface area (TPSA) is 32.3 Å². The predicted octanol–water partition coefficient (Wildman–Crippen LogP) is 10.9. The molecule has 1 N–H and O–H groups in total. The van der Waals surface area contributed by atoms with Gasteiger partial charge in [-0.25, -0.2) is 0 Å². The quantitative estimate of drug-likeness (QED) is 0.208. The number of rotatable bonds is 7. The summed E-state index contributed by atoms with van der Waals surface area (Å²) < 4.78 is 0. The summed E-state index contributed by atoms with van der Waals surface area (Å²) in [6.07, 6.45) is 0. The summed E-state index contributed by atoms with van der Waals surface area (Å²) in [6.45, 7) is 0. The summed E-state index contributed by atoms with van der Waals surface area (Å²) >= 11 is 0. The molecule has 0 saturated carbocycles. The minimum absolute atomic E-state index is 0.130. The molecule has 0 atom stereocenters. The number of benzene rings is 7. The molecule has 44 heavy (non-hydrogen) atoms. The molecule has 3 heteroatoms. The normalized spacial score (nSPS) is 10.8. The molecule has 7 aromatic carbocycles. The van der Waals surface area contributed by atoms with Crippen LogP contribution in [0, 0.1) is 0 Å². The minimum atomic E-state index is -0.130.